The predicted octanol–water partition coefficient (Wildman–Crippen LogP) is 2.68. The van der Waals surface area contributed by atoms with Gasteiger partial charge in [-0.1, -0.05) is 0 Å². The summed E-state index contributed by atoms with van der Waals surface area (Å²) in [6.07, 6.45) is 3.13. The SMILES string of the molecule is COC(=O)c1ccc(N2CC(O)S(=O)c3cc(C(=O)N4CCCCC4)ccc32)cc1. The largest absolute Gasteiger partial charge is 0.465 e. The number of methoxy groups -OCH3 is 1. The quantitative estimate of drug-likeness (QED) is 0.757. The van der Waals surface area contributed by atoms with Crippen LogP contribution in [0.25, 0.3) is 0 Å². The monoisotopic (exact) mass is 428 g/mol. The standard InChI is InChI=1S/C22H24N2O5S/c1-29-22(27)15-5-8-17(9-6-15)24-14-20(25)30(28)19-13-16(7-10-18(19)24)21(26)23-11-3-2-4-12-23/h5-10,13,20,25H,2-4,11-12,14H2,1H3. The number of rotatable bonds is 3. The summed E-state index contributed by atoms with van der Waals surface area (Å²) in [4.78, 5) is 28.6. The number of amides is 1. The summed E-state index contributed by atoms with van der Waals surface area (Å²) >= 11 is 0. The van der Waals surface area contributed by atoms with E-state index in [0.717, 1.165) is 38.0 Å². The molecule has 4 rings (SSSR count). The Kier molecular flexibility index (Phi) is 5.87. The molecule has 0 aliphatic carbocycles. The lowest BCUT2D eigenvalue weighted by Crippen LogP contribution is -2.38. The van der Waals surface area contributed by atoms with Crippen LogP contribution in [0.3, 0.4) is 0 Å². The Bertz CT molecular complexity index is 986. The van der Waals surface area contributed by atoms with Crippen molar-refractivity contribution < 1.29 is 23.6 Å². The maximum absolute atomic E-state index is 12.9. The summed E-state index contributed by atoms with van der Waals surface area (Å²) in [6.45, 7) is 1.62. The first-order chi connectivity index (χ1) is 14.5. The van der Waals surface area contributed by atoms with Gasteiger partial charge in [0.05, 0.1) is 40.6 Å². The van der Waals surface area contributed by atoms with Crippen molar-refractivity contribution in [1.82, 2.24) is 4.90 Å². The molecular formula is C22H24N2O5S. The summed E-state index contributed by atoms with van der Waals surface area (Å²) in [5, 5.41) is 10.4. The van der Waals surface area contributed by atoms with Crippen LogP contribution in [0.2, 0.25) is 0 Å². The molecule has 8 heteroatoms. The average Bonchev–Trinajstić information content (AvgIpc) is 2.80. The first-order valence-electron chi connectivity index (χ1n) is 9.97. The molecule has 2 aliphatic rings. The predicted molar refractivity (Wildman–Crippen MR) is 113 cm³/mol. The molecule has 2 heterocycles. The molecule has 2 unspecified atom stereocenters. The van der Waals surface area contributed by atoms with E-state index in [1.54, 1.807) is 42.5 Å². The number of piperidine rings is 1. The number of esters is 1. The summed E-state index contributed by atoms with van der Waals surface area (Å²) in [6, 6.07) is 12.0. The second-order valence-corrected chi connectivity index (χ2v) is 9.02. The average molecular weight is 429 g/mol. The van der Waals surface area contributed by atoms with Crippen molar-refractivity contribution in [3.8, 4) is 0 Å². The van der Waals surface area contributed by atoms with Crippen LogP contribution in [-0.4, -0.2) is 58.3 Å². The number of likely N-dealkylation sites (tertiary alicyclic amines) is 1. The first kappa shape index (κ1) is 20.6. The van der Waals surface area contributed by atoms with Crippen LogP contribution in [0.4, 0.5) is 11.4 Å². The first-order valence-corrected chi connectivity index (χ1v) is 11.2. The molecule has 2 aromatic carbocycles. The summed E-state index contributed by atoms with van der Waals surface area (Å²) < 4.78 is 17.5. The molecule has 1 N–H and O–H groups in total. The topological polar surface area (TPSA) is 87.1 Å². The van der Waals surface area contributed by atoms with Crippen LogP contribution in [-0.2, 0) is 15.5 Å². The maximum atomic E-state index is 12.9. The van der Waals surface area contributed by atoms with E-state index in [1.165, 1.54) is 7.11 Å². The van der Waals surface area contributed by atoms with Crippen LogP contribution in [0.15, 0.2) is 47.4 Å². The molecule has 1 amide bonds. The highest BCUT2D eigenvalue weighted by Crippen LogP contribution is 2.37. The smallest absolute Gasteiger partial charge is 0.337 e. The van der Waals surface area contributed by atoms with Crippen molar-refractivity contribution in [2.45, 2.75) is 29.6 Å². The summed E-state index contributed by atoms with van der Waals surface area (Å²) in [5.74, 6) is -0.494. The van der Waals surface area contributed by atoms with Gasteiger partial charge in [-0.3, -0.25) is 9.00 Å². The third-order valence-electron chi connectivity index (χ3n) is 5.54. The highest BCUT2D eigenvalue weighted by molar-refractivity contribution is 7.85. The second-order valence-electron chi connectivity index (χ2n) is 7.44. The van der Waals surface area contributed by atoms with Crippen molar-refractivity contribution in [3.63, 3.8) is 0 Å². The zero-order valence-corrected chi connectivity index (χ0v) is 17.6. The lowest BCUT2D eigenvalue weighted by atomic mass is 10.1. The molecule has 2 atom stereocenters. The molecule has 7 nitrogen and oxygen atoms in total. The number of nitrogens with zero attached hydrogens (tertiary/aromatic N) is 2. The lowest BCUT2D eigenvalue weighted by Gasteiger charge is -2.34. The highest BCUT2D eigenvalue weighted by Gasteiger charge is 2.31. The van der Waals surface area contributed by atoms with Gasteiger partial charge in [0.1, 0.15) is 0 Å². The van der Waals surface area contributed by atoms with E-state index in [9.17, 15) is 18.9 Å². The number of aliphatic hydroxyl groups excluding tert-OH is 1. The van der Waals surface area contributed by atoms with E-state index in [2.05, 4.69) is 0 Å². The summed E-state index contributed by atoms with van der Waals surface area (Å²) in [5.41, 5.74) is 1.25. The van der Waals surface area contributed by atoms with Crippen LogP contribution in [0.1, 0.15) is 40.0 Å². The molecule has 30 heavy (non-hydrogen) atoms. The number of aliphatic hydroxyl groups is 1. The fourth-order valence-corrected chi connectivity index (χ4v) is 5.12. The zero-order valence-electron chi connectivity index (χ0n) is 16.7. The van der Waals surface area contributed by atoms with Gasteiger partial charge in [0.2, 0.25) is 0 Å². The van der Waals surface area contributed by atoms with Crippen molar-refractivity contribution in [3.05, 3.63) is 53.6 Å². The van der Waals surface area contributed by atoms with Gasteiger partial charge >= 0.3 is 5.97 Å². The normalized spacial score (nSPS) is 21.1. The zero-order chi connectivity index (χ0) is 21.3. The number of benzene rings is 2. The number of β-amino-alcohol motifs (C(OH)–C–C–N with tert-alkyl or cyclic N) is 1. The van der Waals surface area contributed by atoms with Crippen LogP contribution in [0.5, 0.6) is 0 Å². The minimum atomic E-state index is -1.63. The van der Waals surface area contributed by atoms with E-state index in [0.29, 0.717) is 21.7 Å². The molecule has 1 saturated heterocycles. The Morgan fingerprint density at radius 3 is 2.37 bits per heavy atom. The third kappa shape index (κ3) is 3.85. The number of hydrogen-bond donors (Lipinski definition) is 1. The molecule has 1 fully saturated rings. The van der Waals surface area contributed by atoms with E-state index in [-0.39, 0.29) is 12.5 Å². The van der Waals surface area contributed by atoms with Gasteiger partial charge in [-0.15, -0.1) is 0 Å². The van der Waals surface area contributed by atoms with Gasteiger partial charge in [-0.2, -0.15) is 0 Å². The Hall–Kier alpha value is -2.71. The van der Waals surface area contributed by atoms with Crippen molar-refractivity contribution in [1.29, 1.82) is 0 Å². The number of ether oxygens (including phenoxy) is 1. The molecule has 0 radical (unpaired) electrons. The van der Waals surface area contributed by atoms with Crippen LogP contribution >= 0.6 is 0 Å². The molecule has 0 saturated carbocycles. The number of hydrogen-bond acceptors (Lipinski definition) is 6. The van der Waals surface area contributed by atoms with E-state index >= 15 is 0 Å². The molecule has 158 valence electrons. The van der Waals surface area contributed by atoms with Crippen molar-refractivity contribution in [2.24, 2.45) is 0 Å². The van der Waals surface area contributed by atoms with Crippen LogP contribution < -0.4 is 4.90 Å². The number of anilines is 2. The third-order valence-corrected chi connectivity index (χ3v) is 6.95. The molecule has 0 bridgehead atoms. The molecule has 2 aliphatic heterocycles. The molecule has 0 spiro atoms. The van der Waals surface area contributed by atoms with Gasteiger partial charge in [0.25, 0.3) is 5.91 Å². The fraction of sp³-hybridized carbons (Fsp3) is 0.364. The number of carbonyl (C=O) groups excluding carboxylic acids is 2. The summed E-state index contributed by atoms with van der Waals surface area (Å²) in [7, 11) is -0.305. The minimum Gasteiger partial charge on any atom is -0.465 e. The molecule has 0 aromatic heterocycles. The van der Waals surface area contributed by atoms with Gasteiger partial charge in [0.15, 0.2) is 5.44 Å². The Labute approximate surface area is 177 Å². The van der Waals surface area contributed by atoms with Gasteiger partial charge in [0, 0.05) is 24.3 Å². The Morgan fingerprint density at radius 2 is 1.70 bits per heavy atom. The Morgan fingerprint density at radius 1 is 1.03 bits per heavy atom. The van der Waals surface area contributed by atoms with Gasteiger partial charge in [-0.25, -0.2) is 4.79 Å². The van der Waals surface area contributed by atoms with E-state index in [4.69, 9.17) is 4.74 Å². The van der Waals surface area contributed by atoms with Gasteiger partial charge in [-0.05, 0) is 61.7 Å². The molecular weight excluding hydrogens is 404 g/mol. The van der Waals surface area contributed by atoms with Crippen LogP contribution in [0, 0.1) is 0 Å². The number of fused-ring (bicyclic) bond motifs is 1. The number of carbonyl (C=O) groups is 2. The second kappa shape index (κ2) is 8.57. The molecule has 2 aromatic rings. The van der Waals surface area contributed by atoms with E-state index < -0.39 is 22.2 Å². The Balaban J connectivity index is 1.67. The lowest BCUT2D eigenvalue weighted by molar-refractivity contribution is 0.0600. The van der Waals surface area contributed by atoms with E-state index in [1.807, 2.05) is 9.80 Å². The maximum Gasteiger partial charge on any atom is 0.337 e. The van der Waals surface area contributed by atoms with Gasteiger partial charge < -0.3 is 19.6 Å². The van der Waals surface area contributed by atoms with Crippen molar-refractivity contribution >= 4 is 34.1 Å². The fourth-order valence-electron chi connectivity index (χ4n) is 3.92. The minimum absolute atomic E-state index is 0.0662. The highest BCUT2D eigenvalue weighted by atomic mass is 32.2. The van der Waals surface area contributed by atoms with Crippen molar-refractivity contribution in [2.75, 3.05) is 31.6 Å².